The van der Waals surface area contributed by atoms with Crippen LogP contribution in [0.5, 0.6) is 0 Å². The van der Waals surface area contributed by atoms with Crippen molar-refractivity contribution in [2.24, 2.45) is 10.8 Å². The van der Waals surface area contributed by atoms with Gasteiger partial charge in [0.1, 0.15) is 5.22 Å². The van der Waals surface area contributed by atoms with Gasteiger partial charge in [0.05, 0.1) is 5.41 Å². The Bertz CT molecular complexity index is 1360. The van der Waals surface area contributed by atoms with E-state index < -0.39 is 19.8 Å². The molecule has 181 valence electrons. The third kappa shape index (κ3) is 3.19. The van der Waals surface area contributed by atoms with Crippen LogP contribution < -0.4 is 22.3 Å². The molecule has 4 aromatic rings. The molecular weight excluding hydrogens is 460 g/mol. The Hall–Kier alpha value is -3.42. The van der Waals surface area contributed by atoms with E-state index in [9.17, 15) is 0 Å². The third-order valence-electron chi connectivity index (χ3n) is 7.92. The largest absolute Gasteiger partial charge is 0.399 e. The zero-order valence-corrected chi connectivity index (χ0v) is 21.2. The van der Waals surface area contributed by atoms with Gasteiger partial charge in [0.2, 0.25) is 0 Å². The van der Waals surface area contributed by atoms with Crippen LogP contribution in [0, 0.1) is 0 Å². The molecule has 36 heavy (non-hydrogen) atoms. The Morgan fingerprint density at radius 2 is 1.22 bits per heavy atom. The minimum absolute atomic E-state index is 0.602. The van der Waals surface area contributed by atoms with E-state index in [-0.39, 0.29) is 0 Å². The highest BCUT2D eigenvalue weighted by molar-refractivity contribution is 6.54. The van der Waals surface area contributed by atoms with E-state index in [1.165, 1.54) is 22.3 Å². The molecule has 1 heterocycles. The summed E-state index contributed by atoms with van der Waals surface area (Å²) in [5.41, 5.74) is 21.3. The van der Waals surface area contributed by atoms with Gasteiger partial charge in [0.25, 0.3) is 9.12 Å². The number of ether oxygens (including phenoxy) is 1. The van der Waals surface area contributed by atoms with E-state index in [0.717, 1.165) is 47.3 Å². The highest BCUT2D eigenvalue weighted by Gasteiger charge is 2.52. The smallest absolute Gasteiger partial charge is 0.258 e. The standard InChI is InChI=1S/C30H31N4OSi/c31-22-14-10-20(11-15-22)30(21-12-16-23(32)17-13-21)26-8-2-1-6-24(26)25-7-5-9-27(28(25)30)29(36(33)34)18-3-4-19-35-29/h1-2,5-17H,3-4,18-19,31-34H2. The fourth-order valence-electron chi connectivity index (χ4n) is 6.32. The van der Waals surface area contributed by atoms with E-state index in [1.54, 1.807) is 0 Å². The van der Waals surface area contributed by atoms with E-state index in [0.29, 0.717) is 6.61 Å². The maximum absolute atomic E-state index is 6.66. The number of fused-ring (bicyclic) bond motifs is 3. The van der Waals surface area contributed by atoms with Crippen LogP contribution >= 0.6 is 0 Å². The van der Waals surface area contributed by atoms with E-state index in [2.05, 4.69) is 66.7 Å². The van der Waals surface area contributed by atoms with Gasteiger partial charge in [0, 0.05) is 18.0 Å². The number of nitrogens with two attached hydrogens (primary N) is 4. The van der Waals surface area contributed by atoms with E-state index in [4.69, 9.17) is 27.0 Å². The van der Waals surface area contributed by atoms with Crippen molar-refractivity contribution in [2.45, 2.75) is 29.9 Å². The molecule has 1 aliphatic carbocycles. The summed E-state index contributed by atoms with van der Waals surface area (Å²) in [7, 11) is -1.84. The van der Waals surface area contributed by atoms with Crippen molar-refractivity contribution in [2.75, 3.05) is 18.1 Å². The van der Waals surface area contributed by atoms with Crippen molar-refractivity contribution in [3.8, 4) is 11.1 Å². The summed E-state index contributed by atoms with van der Waals surface area (Å²) in [5, 5.41) is 12.6. The van der Waals surface area contributed by atoms with Crippen molar-refractivity contribution in [3.05, 3.63) is 119 Å². The molecule has 1 fully saturated rings. The number of hydrogen-bond acceptors (Lipinski definition) is 5. The molecular formula is C30H31N4OSi. The Balaban J connectivity index is 1.78. The van der Waals surface area contributed by atoms with E-state index in [1.807, 2.05) is 24.3 Å². The maximum atomic E-state index is 6.66. The average molecular weight is 492 g/mol. The fourth-order valence-corrected chi connectivity index (χ4v) is 7.57. The van der Waals surface area contributed by atoms with Crippen molar-refractivity contribution < 1.29 is 4.74 Å². The van der Waals surface area contributed by atoms with Crippen molar-refractivity contribution in [3.63, 3.8) is 0 Å². The summed E-state index contributed by atoms with van der Waals surface area (Å²) >= 11 is 0. The molecule has 5 nitrogen and oxygen atoms in total. The van der Waals surface area contributed by atoms with Crippen LogP contribution in [0.3, 0.4) is 0 Å². The molecule has 1 atom stereocenters. The first-order valence-electron chi connectivity index (χ1n) is 12.5. The summed E-state index contributed by atoms with van der Waals surface area (Å²) in [4.78, 5) is 0. The second-order valence-corrected chi connectivity index (χ2v) is 11.6. The monoisotopic (exact) mass is 491 g/mol. The van der Waals surface area contributed by atoms with Gasteiger partial charge in [-0.15, -0.1) is 0 Å². The molecule has 0 spiro atoms. The van der Waals surface area contributed by atoms with Crippen molar-refractivity contribution in [1.82, 2.24) is 0 Å². The van der Waals surface area contributed by atoms with Crippen molar-refractivity contribution in [1.29, 1.82) is 0 Å². The number of hydrogen-bond donors (Lipinski definition) is 4. The molecule has 1 aliphatic heterocycles. The van der Waals surface area contributed by atoms with Crippen LogP contribution in [0.4, 0.5) is 11.4 Å². The van der Waals surface area contributed by atoms with Gasteiger partial charge in [-0.25, -0.2) is 0 Å². The van der Waals surface area contributed by atoms with Gasteiger partial charge in [-0.1, -0.05) is 66.7 Å². The Morgan fingerprint density at radius 3 is 1.81 bits per heavy atom. The number of rotatable bonds is 4. The normalized spacial score (nSPS) is 20.2. The molecule has 4 aromatic carbocycles. The minimum Gasteiger partial charge on any atom is -0.399 e. The molecule has 1 radical (unpaired) electrons. The second-order valence-electron chi connectivity index (χ2n) is 9.86. The summed E-state index contributed by atoms with van der Waals surface area (Å²) in [6, 6.07) is 31.6. The zero-order valence-electron chi connectivity index (χ0n) is 20.2. The first-order chi connectivity index (χ1) is 17.5. The summed E-state index contributed by atoms with van der Waals surface area (Å²) < 4.78 is 6.60. The van der Waals surface area contributed by atoms with Gasteiger partial charge in [-0.2, -0.15) is 0 Å². The minimum atomic E-state index is -1.84. The topological polar surface area (TPSA) is 113 Å². The molecule has 6 rings (SSSR count). The van der Waals surface area contributed by atoms with Gasteiger partial charge >= 0.3 is 0 Å². The predicted molar refractivity (Wildman–Crippen MR) is 148 cm³/mol. The number of anilines is 2. The number of nitrogen functional groups attached to an aromatic ring is 2. The molecule has 1 saturated heterocycles. The molecule has 0 aromatic heterocycles. The summed E-state index contributed by atoms with van der Waals surface area (Å²) in [6.45, 7) is 0.663. The highest BCUT2D eigenvalue weighted by atomic mass is 28.3. The van der Waals surface area contributed by atoms with Gasteiger partial charge in [-0.3, -0.25) is 0 Å². The lowest BCUT2D eigenvalue weighted by Gasteiger charge is -2.43. The van der Waals surface area contributed by atoms with Gasteiger partial charge in [0.15, 0.2) is 0 Å². The Kier molecular flexibility index (Phi) is 5.50. The molecule has 0 saturated carbocycles. The molecule has 2 aliphatic rings. The fraction of sp³-hybridized carbons (Fsp3) is 0.200. The lowest BCUT2D eigenvalue weighted by atomic mass is 9.66. The van der Waals surface area contributed by atoms with Gasteiger partial charge < -0.3 is 27.0 Å². The Labute approximate surface area is 213 Å². The summed E-state index contributed by atoms with van der Waals surface area (Å²) in [6.07, 6.45) is 2.88. The first kappa shape index (κ1) is 23.0. The summed E-state index contributed by atoms with van der Waals surface area (Å²) in [5.74, 6) is 0. The van der Waals surface area contributed by atoms with Crippen LogP contribution in [0.2, 0.25) is 0 Å². The van der Waals surface area contributed by atoms with Crippen molar-refractivity contribution >= 4 is 20.5 Å². The van der Waals surface area contributed by atoms with Crippen LogP contribution in [0.25, 0.3) is 11.1 Å². The number of benzene rings is 4. The molecule has 1 unspecified atom stereocenters. The quantitative estimate of drug-likeness (QED) is 0.217. The van der Waals surface area contributed by atoms with Crippen LogP contribution in [-0.2, 0) is 15.4 Å². The predicted octanol–water partition coefficient (Wildman–Crippen LogP) is 4.55. The lowest BCUT2D eigenvalue weighted by molar-refractivity contribution is -0.0283. The lowest BCUT2D eigenvalue weighted by Crippen LogP contribution is -2.60. The molecule has 6 heteroatoms. The van der Waals surface area contributed by atoms with Gasteiger partial charge in [-0.05, 0) is 82.5 Å². The van der Waals surface area contributed by atoms with Crippen LogP contribution in [0.1, 0.15) is 47.1 Å². The second kappa shape index (κ2) is 8.60. The molecule has 0 bridgehead atoms. The van der Waals surface area contributed by atoms with Crippen LogP contribution in [-0.4, -0.2) is 15.7 Å². The first-order valence-corrected chi connectivity index (χ1v) is 14.1. The van der Waals surface area contributed by atoms with E-state index >= 15 is 0 Å². The maximum Gasteiger partial charge on any atom is 0.258 e. The Morgan fingerprint density at radius 1 is 0.639 bits per heavy atom. The third-order valence-corrected chi connectivity index (χ3v) is 9.52. The molecule has 8 N–H and O–H groups in total. The average Bonchev–Trinajstić information content (AvgIpc) is 3.21. The highest BCUT2D eigenvalue weighted by Crippen LogP contribution is 2.59. The zero-order chi connectivity index (χ0) is 24.9. The SMILES string of the molecule is Nc1ccc(C2(c3ccc(N)cc3)c3ccccc3-c3cccc(C4([Si](N)N)CCCCO4)c32)cc1. The van der Waals surface area contributed by atoms with Crippen LogP contribution in [0.15, 0.2) is 91.0 Å². The molecule has 0 amide bonds.